The Hall–Kier alpha value is -2.52. The van der Waals surface area contributed by atoms with Crippen LogP contribution in [0, 0.1) is 0 Å². The summed E-state index contributed by atoms with van der Waals surface area (Å²) in [5.74, 6) is 1.28. The van der Waals surface area contributed by atoms with Gasteiger partial charge in [-0.15, -0.1) is 16.4 Å². The summed E-state index contributed by atoms with van der Waals surface area (Å²) in [7, 11) is 0. The van der Waals surface area contributed by atoms with Crippen LogP contribution in [0.15, 0.2) is 40.3 Å². The molecule has 2 fully saturated rings. The Kier molecular flexibility index (Phi) is 5.15. The van der Waals surface area contributed by atoms with Gasteiger partial charge in [0.15, 0.2) is 11.6 Å². The summed E-state index contributed by atoms with van der Waals surface area (Å²) in [5, 5.41) is 14.9. The zero-order chi connectivity index (χ0) is 19.6. The lowest BCUT2D eigenvalue weighted by Gasteiger charge is -2.38. The van der Waals surface area contributed by atoms with Crippen molar-refractivity contribution in [3.05, 3.63) is 52.4 Å². The number of carbonyl (C=O) groups is 1. The Balaban J connectivity index is 1.37. The molecule has 1 aliphatic heterocycles. The zero-order valence-electron chi connectivity index (χ0n) is 16.2. The molecule has 152 valence electrons. The number of carbonyl (C=O) groups excluding carboxylic acids is 1. The molecular formula is C20H24N6O2S. The van der Waals surface area contributed by atoms with Crippen molar-refractivity contribution in [2.45, 2.75) is 37.8 Å². The molecule has 29 heavy (non-hydrogen) atoms. The highest BCUT2D eigenvalue weighted by Crippen LogP contribution is 2.35. The van der Waals surface area contributed by atoms with Crippen LogP contribution in [0.1, 0.15) is 59.0 Å². The van der Waals surface area contributed by atoms with Crippen molar-refractivity contribution in [3.8, 4) is 0 Å². The van der Waals surface area contributed by atoms with Crippen LogP contribution in [0.3, 0.4) is 0 Å². The summed E-state index contributed by atoms with van der Waals surface area (Å²) in [5.41, 5.74) is 0. The number of hydrogen-bond donors (Lipinski definition) is 0. The van der Waals surface area contributed by atoms with E-state index in [0.717, 1.165) is 31.8 Å². The van der Waals surface area contributed by atoms with E-state index in [1.165, 1.54) is 17.7 Å². The molecule has 0 aromatic carbocycles. The monoisotopic (exact) mass is 412 g/mol. The zero-order valence-corrected chi connectivity index (χ0v) is 17.0. The molecule has 0 radical (unpaired) electrons. The first kappa shape index (κ1) is 18.5. The molecule has 5 rings (SSSR count). The SMILES string of the molecule is O=C(c1ccco1)N1CCN([C@H](c2cccs2)c2nnnn2C2CCCC2)CC1. The van der Waals surface area contributed by atoms with Crippen LogP contribution < -0.4 is 0 Å². The number of piperazine rings is 1. The number of rotatable bonds is 5. The fraction of sp³-hybridized carbons (Fsp3) is 0.500. The lowest BCUT2D eigenvalue weighted by molar-refractivity contribution is 0.0560. The van der Waals surface area contributed by atoms with Gasteiger partial charge in [-0.1, -0.05) is 18.9 Å². The second-order valence-electron chi connectivity index (χ2n) is 7.64. The molecule has 3 aromatic heterocycles. The van der Waals surface area contributed by atoms with Crippen molar-refractivity contribution in [1.82, 2.24) is 30.0 Å². The molecule has 0 N–H and O–H groups in total. The molecule has 1 aliphatic carbocycles. The van der Waals surface area contributed by atoms with Gasteiger partial charge in [0, 0.05) is 31.1 Å². The van der Waals surface area contributed by atoms with Crippen molar-refractivity contribution < 1.29 is 9.21 Å². The quantitative estimate of drug-likeness (QED) is 0.641. The normalized spacial score (nSPS) is 19.7. The Labute approximate surface area is 173 Å². The Bertz CT molecular complexity index is 924. The molecule has 8 nitrogen and oxygen atoms in total. The van der Waals surface area contributed by atoms with Gasteiger partial charge in [-0.05, 0) is 46.8 Å². The van der Waals surface area contributed by atoms with Crippen molar-refractivity contribution >= 4 is 17.2 Å². The maximum absolute atomic E-state index is 12.6. The van der Waals surface area contributed by atoms with Crippen LogP contribution in [0.2, 0.25) is 0 Å². The van der Waals surface area contributed by atoms with E-state index < -0.39 is 0 Å². The number of amides is 1. The molecule has 1 saturated carbocycles. The first-order valence-corrected chi connectivity index (χ1v) is 11.1. The molecule has 0 bridgehead atoms. The van der Waals surface area contributed by atoms with E-state index in [-0.39, 0.29) is 11.9 Å². The number of thiophene rings is 1. The maximum atomic E-state index is 12.6. The summed E-state index contributed by atoms with van der Waals surface area (Å²) in [4.78, 5) is 18.1. The van der Waals surface area contributed by atoms with Crippen molar-refractivity contribution in [3.63, 3.8) is 0 Å². The van der Waals surface area contributed by atoms with Crippen molar-refractivity contribution in [2.24, 2.45) is 0 Å². The molecule has 9 heteroatoms. The predicted octanol–water partition coefficient (Wildman–Crippen LogP) is 2.99. The van der Waals surface area contributed by atoms with E-state index >= 15 is 0 Å². The summed E-state index contributed by atoms with van der Waals surface area (Å²) in [6.45, 7) is 2.86. The second-order valence-corrected chi connectivity index (χ2v) is 8.62. The number of tetrazole rings is 1. The molecule has 0 spiro atoms. The minimum Gasteiger partial charge on any atom is -0.459 e. The number of hydrogen-bond acceptors (Lipinski definition) is 7. The highest BCUT2D eigenvalue weighted by Gasteiger charge is 2.34. The lowest BCUT2D eigenvalue weighted by Crippen LogP contribution is -2.50. The van der Waals surface area contributed by atoms with E-state index in [4.69, 9.17) is 4.42 Å². The minimum absolute atomic E-state index is 0.0199. The van der Waals surface area contributed by atoms with Crippen LogP contribution in [0.5, 0.6) is 0 Å². The van der Waals surface area contributed by atoms with Gasteiger partial charge in [-0.3, -0.25) is 9.69 Å². The van der Waals surface area contributed by atoms with Gasteiger partial charge in [0.05, 0.1) is 12.3 Å². The van der Waals surface area contributed by atoms with E-state index in [1.807, 2.05) is 4.90 Å². The second kappa shape index (κ2) is 8.08. The van der Waals surface area contributed by atoms with E-state index in [2.05, 4.69) is 42.6 Å². The number of furan rings is 1. The molecule has 3 aromatic rings. The van der Waals surface area contributed by atoms with Crippen molar-refractivity contribution in [2.75, 3.05) is 26.2 Å². The van der Waals surface area contributed by atoms with Crippen LogP contribution in [-0.4, -0.2) is 62.1 Å². The largest absolute Gasteiger partial charge is 0.459 e. The van der Waals surface area contributed by atoms with E-state index in [0.29, 0.717) is 24.9 Å². The fourth-order valence-electron chi connectivity index (χ4n) is 4.45. The average Bonchev–Trinajstić information content (AvgIpc) is 3.56. The Morgan fingerprint density at radius 2 is 1.97 bits per heavy atom. The molecule has 1 amide bonds. The van der Waals surface area contributed by atoms with Gasteiger partial charge in [-0.2, -0.15) is 0 Å². The molecule has 0 unspecified atom stereocenters. The van der Waals surface area contributed by atoms with Crippen LogP contribution in [0.4, 0.5) is 0 Å². The standard InChI is InChI=1S/C20H24N6O2S/c27-20(16-7-3-13-28-16)25-11-9-24(10-12-25)18(17-8-4-14-29-17)19-21-22-23-26(19)15-5-1-2-6-15/h3-4,7-8,13-15,18H,1-2,5-6,9-12H2/t18-/m1/s1. The molecule has 1 atom stereocenters. The predicted molar refractivity (Wildman–Crippen MR) is 108 cm³/mol. The average molecular weight is 413 g/mol. The molecular weight excluding hydrogens is 388 g/mol. The van der Waals surface area contributed by atoms with Crippen LogP contribution in [-0.2, 0) is 0 Å². The molecule has 4 heterocycles. The smallest absolute Gasteiger partial charge is 0.289 e. The third-order valence-electron chi connectivity index (χ3n) is 5.94. The van der Waals surface area contributed by atoms with Gasteiger partial charge in [0.25, 0.3) is 5.91 Å². The maximum Gasteiger partial charge on any atom is 0.289 e. The van der Waals surface area contributed by atoms with Gasteiger partial charge < -0.3 is 9.32 Å². The topological polar surface area (TPSA) is 80.3 Å². The first-order valence-electron chi connectivity index (χ1n) is 10.2. The number of nitrogens with zero attached hydrogens (tertiary/aromatic N) is 6. The van der Waals surface area contributed by atoms with Crippen molar-refractivity contribution in [1.29, 1.82) is 0 Å². The highest BCUT2D eigenvalue weighted by molar-refractivity contribution is 7.10. The summed E-state index contributed by atoms with van der Waals surface area (Å²) < 4.78 is 7.33. The summed E-state index contributed by atoms with van der Waals surface area (Å²) >= 11 is 1.73. The third-order valence-corrected chi connectivity index (χ3v) is 6.87. The minimum atomic E-state index is -0.0434. The van der Waals surface area contributed by atoms with Gasteiger partial charge >= 0.3 is 0 Å². The number of aromatic nitrogens is 4. The first-order chi connectivity index (χ1) is 14.3. The van der Waals surface area contributed by atoms with Gasteiger partial charge in [-0.25, -0.2) is 4.68 Å². The van der Waals surface area contributed by atoms with Gasteiger partial charge in [0.1, 0.15) is 6.04 Å². The summed E-state index contributed by atoms with van der Waals surface area (Å²) in [6.07, 6.45) is 6.29. The Morgan fingerprint density at radius 1 is 1.14 bits per heavy atom. The molecule has 2 aliphatic rings. The highest BCUT2D eigenvalue weighted by atomic mass is 32.1. The lowest BCUT2D eigenvalue weighted by atomic mass is 10.1. The van der Waals surface area contributed by atoms with E-state index in [9.17, 15) is 4.79 Å². The van der Waals surface area contributed by atoms with E-state index in [1.54, 1.807) is 29.7 Å². The van der Waals surface area contributed by atoms with Gasteiger partial charge in [0.2, 0.25) is 0 Å². The van der Waals surface area contributed by atoms with Crippen LogP contribution in [0.25, 0.3) is 0 Å². The third kappa shape index (κ3) is 3.60. The molecule has 1 saturated heterocycles. The van der Waals surface area contributed by atoms with Crippen LogP contribution >= 0.6 is 11.3 Å². The summed E-state index contributed by atoms with van der Waals surface area (Å²) in [6, 6.07) is 8.12. The Morgan fingerprint density at radius 3 is 2.66 bits per heavy atom. The fourth-order valence-corrected chi connectivity index (χ4v) is 5.30.